The quantitative estimate of drug-likeness (QED) is 0.378. The molecule has 0 bridgehead atoms. The second-order valence-corrected chi connectivity index (χ2v) is 9.03. The van der Waals surface area contributed by atoms with Gasteiger partial charge in [0.15, 0.2) is 11.0 Å². The van der Waals surface area contributed by atoms with Gasteiger partial charge in [-0.25, -0.2) is 0 Å². The Hall–Kier alpha value is -3.02. The predicted molar refractivity (Wildman–Crippen MR) is 128 cm³/mol. The van der Waals surface area contributed by atoms with Crippen LogP contribution in [-0.4, -0.2) is 55.0 Å². The monoisotopic (exact) mass is 482 g/mol. The van der Waals surface area contributed by atoms with Crippen molar-refractivity contribution in [2.45, 2.75) is 30.6 Å². The van der Waals surface area contributed by atoms with Gasteiger partial charge >= 0.3 is 0 Å². The first-order valence-electron chi connectivity index (χ1n) is 10.5. The molecule has 0 unspecified atom stereocenters. The van der Waals surface area contributed by atoms with Crippen LogP contribution in [0.4, 0.5) is 5.69 Å². The van der Waals surface area contributed by atoms with E-state index in [2.05, 4.69) is 24.3 Å². The number of benzene rings is 2. The van der Waals surface area contributed by atoms with E-state index in [1.807, 2.05) is 47.0 Å². The molecule has 11 heteroatoms. The number of anilines is 1. The van der Waals surface area contributed by atoms with Gasteiger partial charge in [-0.05, 0) is 49.2 Å². The number of hydrogen-bond acceptors (Lipinski definition) is 9. The van der Waals surface area contributed by atoms with Gasteiger partial charge in [0.2, 0.25) is 5.91 Å². The minimum atomic E-state index is -0.141. The molecule has 1 amide bonds. The van der Waals surface area contributed by atoms with Crippen molar-refractivity contribution in [2.24, 2.45) is 0 Å². The van der Waals surface area contributed by atoms with Crippen molar-refractivity contribution in [3.63, 3.8) is 0 Å². The fraction of sp³-hybridized carbons (Fsp3) is 0.318. The van der Waals surface area contributed by atoms with Crippen LogP contribution in [0.25, 0.3) is 22.4 Å². The lowest BCUT2D eigenvalue weighted by Crippen LogP contribution is -2.18. The van der Waals surface area contributed by atoms with E-state index in [0.29, 0.717) is 22.9 Å². The maximum absolute atomic E-state index is 12.7. The van der Waals surface area contributed by atoms with E-state index >= 15 is 0 Å². The summed E-state index contributed by atoms with van der Waals surface area (Å²) in [6, 6.07) is 13.3. The Kier molecular flexibility index (Phi) is 6.51. The molecule has 1 N–H and O–H groups in total. The second kappa shape index (κ2) is 9.86. The van der Waals surface area contributed by atoms with E-state index in [1.54, 1.807) is 7.11 Å². The number of carbonyl (C=O) groups excluding carboxylic acids is 1. The third-order valence-corrected chi connectivity index (χ3v) is 6.88. The Balaban J connectivity index is 1.33. The van der Waals surface area contributed by atoms with Crippen LogP contribution in [0.2, 0.25) is 0 Å². The molecule has 170 valence electrons. The standard InChI is InChI=1S/C22H22N6O3S2/c1-30-15-9-7-14(8-10-15)21-24-25-22(28(21)12-16-4-3-11-31-16)32-13-19(29)23-17-5-2-6-18-20(17)27-33-26-18/h2,5-10,16H,3-4,11-13H2,1H3,(H,23,29)/t16-/m1/s1. The van der Waals surface area contributed by atoms with Crippen LogP contribution in [0, 0.1) is 0 Å². The average molecular weight is 483 g/mol. The molecule has 0 aliphatic carbocycles. The first-order chi connectivity index (χ1) is 16.2. The van der Waals surface area contributed by atoms with Gasteiger partial charge in [0.1, 0.15) is 16.8 Å². The third kappa shape index (κ3) is 4.85. The first kappa shape index (κ1) is 21.8. The summed E-state index contributed by atoms with van der Waals surface area (Å²) in [6.45, 7) is 1.41. The van der Waals surface area contributed by atoms with Crippen molar-refractivity contribution < 1.29 is 14.3 Å². The molecule has 1 atom stereocenters. The average Bonchev–Trinajstić information content (AvgIpc) is 3.60. The van der Waals surface area contributed by atoms with Crippen LogP contribution in [0.5, 0.6) is 5.75 Å². The minimum Gasteiger partial charge on any atom is -0.497 e. The molecular formula is C22H22N6O3S2. The Labute approximate surface area is 198 Å². The molecule has 1 saturated heterocycles. The molecular weight excluding hydrogens is 460 g/mol. The normalized spacial score (nSPS) is 15.7. The Morgan fingerprint density at radius 1 is 1.24 bits per heavy atom. The zero-order valence-electron chi connectivity index (χ0n) is 17.9. The number of ether oxygens (including phenoxy) is 2. The Morgan fingerprint density at radius 3 is 2.91 bits per heavy atom. The van der Waals surface area contributed by atoms with Crippen LogP contribution in [-0.2, 0) is 16.1 Å². The number of hydrogen-bond donors (Lipinski definition) is 1. The summed E-state index contributed by atoms with van der Waals surface area (Å²) in [4.78, 5) is 12.7. The highest BCUT2D eigenvalue weighted by Crippen LogP contribution is 2.28. The predicted octanol–water partition coefficient (Wildman–Crippen LogP) is 3.87. The zero-order valence-corrected chi connectivity index (χ0v) is 19.6. The van der Waals surface area contributed by atoms with E-state index in [-0.39, 0.29) is 17.8 Å². The van der Waals surface area contributed by atoms with Gasteiger partial charge in [-0.3, -0.25) is 9.36 Å². The van der Waals surface area contributed by atoms with Crippen molar-refractivity contribution in [3.05, 3.63) is 42.5 Å². The maximum atomic E-state index is 12.7. The smallest absolute Gasteiger partial charge is 0.234 e. The highest BCUT2D eigenvalue weighted by molar-refractivity contribution is 7.99. The number of rotatable bonds is 8. The van der Waals surface area contributed by atoms with Gasteiger partial charge in [0.05, 0.1) is 42.9 Å². The highest BCUT2D eigenvalue weighted by atomic mass is 32.2. The topological polar surface area (TPSA) is 104 Å². The summed E-state index contributed by atoms with van der Waals surface area (Å²) >= 11 is 2.48. The number of aromatic nitrogens is 5. The maximum Gasteiger partial charge on any atom is 0.234 e. The second-order valence-electron chi connectivity index (χ2n) is 7.55. The molecule has 3 heterocycles. The number of methoxy groups -OCH3 is 1. The van der Waals surface area contributed by atoms with E-state index in [4.69, 9.17) is 9.47 Å². The summed E-state index contributed by atoms with van der Waals surface area (Å²) < 4.78 is 21.6. The molecule has 2 aromatic carbocycles. The number of nitrogens with one attached hydrogen (secondary N) is 1. The summed E-state index contributed by atoms with van der Waals surface area (Å²) in [6.07, 6.45) is 2.16. The lowest BCUT2D eigenvalue weighted by atomic mass is 10.2. The lowest BCUT2D eigenvalue weighted by molar-refractivity contribution is -0.113. The zero-order chi connectivity index (χ0) is 22.6. The van der Waals surface area contributed by atoms with Gasteiger partial charge in [-0.15, -0.1) is 10.2 Å². The lowest BCUT2D eigenvalue weighted by Gasteiger charge is -2.15. The van der Waals surface area contributed by atoms with Crippen molar-refractivity contribution in [1.29, 1.82) is 0 Å². The molecule has 1 fully saturated rings. The molecule has 2 aromatic heterocycles. The first-order valence-corrected chi connectivity index (χ1v) is 12.3. The minimum absolute atomic E-state index is 0.112. The largest absolute Gasteiger partial charge is 0.497 e. The number of fused-ring (bicyclic) bond motifs is 1. The van der Waals surface area contributed by atoms with E-state index in [0.717, 1.165) is 53.8 Å². The Bertz CT molecular complexity index is 1250. The van der Waals surface area contributed by atoms with Crippen molar-refractivity contribution >= 4 is 46.1 Å². The van der Waals surface area contributed by atoms with Crippen LogP contribution < -0.4 is 10.1 Å². The van der Waals surface area contributed by atoms with Crippen molar-refractivity contribution in [1.82, 2.24) is 23.5 Å². The third-order valence-electron chi connectivity index (χ3n) is 5.37. The number of amides is 1. The summed E-state index contributed by atoms with van der Waals surface area (Å²) in [5, 5.41) is 12.4. The number of thioether (sulfide) groups is 1. The molecule has 33 heavy (non-hydrogen) atoms. The van der Waals surface area contributed by atoms with Crippen LogP contribution in [0.15, 0.2) is 47.6 Å². The summed E-state index contributed by atoms with van der Waals surface area (Å²) in [7, 11) is 1.64. The van der Waals surface area contributed by atoms with Gasteiger partial charge in [-0.2, -0.15) is 8.75 Å². The molecule has 1 aliphatic heterocycles. The number of nitrogens with zero attached hydrogens (tertiary/aromatic N) is 5. The molecule has 4 aromatic rings. The highest BCUT2D eigenvalue weighted by Gasteiger charge is 2.22. The molecule has 0 radical (unpaired) electrons. The Morgan fingerprint density at radius 2 is 2.12 bits per heavy atom. The summed E-state index contributed by atoms with van der Waals surface area (Å²) in [5.74, 6) is 1.58. The van der Waals surface area contributed by atoms with Crippen LogP contribution in [0.1, 0.15) is 12.8 Å². The fourth-order valence-electron chi connectivity index (χ4n) is 3.73. The SMILES string of the molecule is COc1ccc(-c2nnc(SCC(=O)Nc3cccc4nsnc34)n2C[C@H]2CCCO2)cc1. The number of carbonyl (C=O) groups is 1. The van der Waals surface area contributed by atoms with Gasteiger partial charge in [0, 0.05) is 12.2 Å². The summed E-state index contributed by atoms with van der Waals surface area (Å²) in [5.41, 5.74) is 3.06. The molecule has 1 aliphatic rings. The van der Waals surface area contributed by atoms with Crippen molar-refractivity contribution in [2.75, 3.05) is 24.8 Å². The van der Waals surface area contributed by atoms with E-state index < -0.39 is 0 Å². The van der Waals surface area contributed by atoms with Crippen LogP contribution in [0.3, 0.4) is 0 Å². The molecule has 5 rings (SSSR count). The van der Waals surface area contributed by atoms with Crippen LogP contribution >= 0.6 is 23.5 Å². The van der Waals surface area contributed by atoms with E-state index in [9.17, 15) is 4.79 Å². The molecule has 9 nitrogen and oxygen atoms in total. The van der Waals surface area contributed by atoms with Gasteiger partial charge in [0.25, 0.3) is 0 Å². The molecule has 0 saturated carbocycles. The van der Waals surface area contributed by atoms with Gasteiger partial charge in [-0.1, -0.05) is 17.8 Å². The fourth-order valence-corrected chi connectivity index (χ4v) is 5.03. The molecule has 0 spiro atoms. The van der Waals surface area contributed by atoms with Gasteiger partial charge < -0.3 is 14.8 Å². The van der Waals surface area contributed by atoms with E-state index in [1.165, 1.54) is 11.8 Å². The van der Waals surface area contributed by atoms with Crippen molar-refractivity contribution in [3.8, 4) is 17.1 Å².